The molecule has 2 aromatic rings. The maximum atomic E-state index is 8.81. The molecule has 51 heavy (non-hydrogen) atoms. The van der Waals surface area contributed by atoms with Crippen LogP contribution in [-0.4, -0.2) is 36.1 Å². The molecule has 0 unspecified atom stereocenters. The standard InChI is InChI=1S/2C18H15N4O.4ClH.Zn/c2*19-9-3-11-22(12-4-10-20)14-7-8-16-18(13-14)23-17-6-2-1-5-15(17)21-16;;;;;/h2*1-2,5-8,13H,3-4,11-12H2;4*1H;/q2*+1;;;;;+2/p-4. The Balaban J connectivity index is 0.000000202. The first-order chi connectivity index (χ1) is 24.6. The molecule has 10 nitrogen and oxygen atoms in total. The Morgan fingerprint density at radius 1 is 0.529 bits per heavy atom. The molecule has 0 fully saturated rings. The van der Waals surface area contributed by atoms with Crippen molar-refractivity contribution in [2.75, 3.05) is 26.2 Å². The molecule has 6 rings (SSSR count). The second-order valence-corrected chi connectivity index (χ2v) is 38.6. The van der Waals surface area contributed by atoms with Crippen LogP contribution in [0.1, 0.15) is 25.7 Å². The summed E-state index contributed by atoms with van der Waals surface area (Å²) in [4.78, 5) is 9.17. The van der Waals surface area contributed by atoms with Gasteiger partial charge in [0, 0.05) is 12.1 Å². The second kappa shape index (κ2) is 19.7. The summed E-state index contributed by atoms with van der Waals surface area (Å²) in [6, 6.07) is 35.4. The first-order valence-corrected chi connectivity index (χ1v) is 31.5. The van der Waals surface area contributed by atoms with Crippen LogP contribution in [0.15, 0.2) is 93.8 Å². The summed E-state index contributed by atoms with van der Waals surface area (Å²) in [6.07, 6.45) is 1.65. The zero-order valence-electron chi connectivity index (χ0n) is 27.4. The van der Waals surface area contributed by atoms with Crippen molar-refractivity contribution in [3.63, 3.8) is 0 Å². The molecule has 2 heterocycles. The Labute approximate surface area is 313 Å². The molecule has 0 radical (unpaired) electrons. The van der Waals surface area contributed by atoms with Gasteiger partial charge in [0.05, 0.1) is 62.1 Å². The summed E-state index contributed by atoms with van der Waals surface area (Å²) < 4.78 is 15.9. The number of aromatic nitrogens is 2. The van der Waals surface area contributed by atoms with Crippen LogP contribution in [0.3, 0.4) is 0 Å². The molecule has 0 bridgehead atoms. The third-order valence-corrected chi connectivity index (χ3v) is 7.24. The Morgan fingerprint density at radius 2 is 0.863 bits per heavy atom. The van der Waals surface area contributed by atoms with Gasteiger partial charge in [0.2, 0.25) is 10.7 Å². The SMILES string of the molecule is N#CCC[N+](CCC#N)=c1ccc2nc3ccccc3oc-2c1.N#CCC[N+](CCC#N)=c1ccc2nc3ccccc3oc-2c1.[Cl][Zn-2]([Cl])([Cl])[Cl]. The Kier molecular flexibility index (Phi) is 15.2. The van der Waals surface area contributed by atoms with E-state index in [1.807, 2.05) is 94.1 Å². The third kappa shape index (κ3) is 12.3. The number of hydrogen-bond acceptors (Lipinski definition) is 8. The van der Waals surface area contributed by atoms with Gasteiger partial charge in [-0.2, -0.15) is 21.0 Å². The zero-order valence-corrected chi connectivity index (χ0v) is 33.3. The predicted molar refractivity (Wildman–Crippen MR) is 196 cm³/mol. The molecule has 2 aliphatic heterocycles. The topological polar surface area (TPSA) is 153 Å². The quantitative estimate of drug-likeness (QED) is 0.0857. The van der Waals surface area contributed by atoms with Crippen molar-refractivity contribution in [1.29, 1.82) is 21.0 Å². The molecule has 0 spiro atoms. The fraction of sp³-hybridized carbons (Fsp3) is 0.222. The summed E-state index contributed by atoms with van der Waals surface area (Å²) >= 11 is 0. The molecule has 0 N–H and O–H groups in total. The summed E-state index contributed by atoms with van der Waals surface area (Å²) in [6.45, 7) is 2.35. The second-order valence-electron chi connectivity index (χ2n) is 10.9. The molecule has 2 aliphatic carbocycles. The average Bonchev–Trinajstić information content (AvgIpc) is 3.12. The van der Waals surface area contributed by atoms with Crippen LogP contribution in [0, 0.1) is 45.3 Å². The van der Waals surface area contributed by atoms with Gasteiger partial charge in [-0.15, -0.1) is 0 Å². The Hall–Kier alpha value is -4.58. The molecular weight excluding hydrogens is 784 g/mol. The minimum atomic E-state index is -3.36. The molecule has 0 amide bonds. The number of hydrogen-bond donors (Lipinski definition) is 0. The van der Waals surface area contributed by atoms with Crippen LogP contribution in [-0.2, 0) is 10.8 Å². The van der Waals surface area contributed by atoms with Crippen molar-refractivity contribution in [1.82, 2.24) is 19.1 Å². The molecule has 0 aromatic heterocycles. The molecule has 15 heteroatoms. The summed E-state index contributed by atoms with van der Waals surface area (Å²) in [5.74, 6) is 1.39. The van der Waals surface area contributed by atoms with E-state index in [4.69, 9.17) is 68.6 Å². The van der Waals surface area contributed by atoms with Crippen LogP contribution in [0.5, 0.6) is 0 Å². The molecule has 0 saturated heterocycles. The molecule has 2 aromatic carbocycles. The van der Waals surface area contributed by atoms with Crippen LogP contribution >= 0.6 is 38.8 Å². The summed E-state index contributed by atoms with van der Waals surface area (Å²) in [5, 5.41) is 37.1. The molecular formula is C36H30Cl4N8O2Zn. The fourth-order valence-corrected chi connectivity index (χ4v) is 5.00. The average molecular weight is 814 g/mol. The van der Waals surface area contributed by atoms with Gasteiger partial charge in [-0.3, -0.25) is 0 Å². The fourth-order valence-electron chi connectivity index (χ4n) is 5.00. The van der Waals surface area contributed by atoms with Gasteiger partial charge in [0.15, 0.2) is 48.9 Å². The van der Waals surface area contributed by atoms with Gasteiger partial charge in [-0.05, 0) is 36.4 Å². The van der Waals surface area contributed by atoms with Crippen molar-refractivity contribution in [2.45, 2.75) is 25.7 Å². The first kappa shape index (κ1) is 39.2. The van der Waals surface area contributed by atoms with Gasteiger partial charge >= 0.3 is 49.6 Å². The first-order valence-electron chi connectivity index (χ1n) is 15.9. The molecule has 4 aliphatic rings. The van der Waals surface area contributed by atoms with E-state index in [-0.39, 0.29) is 0 Å². The van der Waals surface area contributed by atoms with Crippen LogP contribution in [0.25, 0.3) is 45.1 Å². The van der Waals surface area contributed by atoms with Crippen LogP contribution in [0.4, 0.5) is 0 Å². The van der Waals surface area contributed by atoms with Crippen LogP contribution < -0.4 is 19.9 Å². The van der Waals surface area contributed by atoms with Crippen molar-refractivity contribution in [3.8, 4) is 47.2 Å². The van der Waals surface area contributed by atoms with E-state index in [1.165, 1.54) is 0 Å². The van der Waals surface area contributed by atoms with E-state index >= 15 is 0 Å². The number of nitriles is 4. The van der Waals surface area contributed by atoms with Crippen molar-refractivity contribution in [2.24, 2.45) is 0 Å². The van der Waals surface area contributed by atoms with E-state index in [0.717, 1.165) is 44.3 Å². The van der Waals surface area contributed by atoms with E-state index < -0.39 is 10.8 Å². The van der Waals surface area contributed by atoms with Gasteiger partial charge in [0.1, 0.15) is 22.4 Å². The monoisotopic (exact) mass is 810 g/mol. The number of halogens is 4. The number of rotatable bonds is 8. The molecule has 0 saturated carbocycles. The van der Waals surface area contributed by atoms with Gasteiger partial charge in [0.25, 0.3) is 0 Å². The normalized spacial score (nSPS) is 10.5. The Morgan fingerprint density at radius 3 is 1.20 bits per heavy atom. The van der Waals surface area contributed by atoms with Gasteiger partial charge in [-0.1, -0.05) is 24.3 Å². The van der Waals surface area contributed by atoms with E-state index in [2.05, 4.69) is 34.2 Å². The number of benzene rings is 4. The van der Waals surface area contributed by atoms with Crippen LogP contribution in [0.2, 0.25) is 0 Å². The molecule has 256 valence electrons. The van der Waals surface area contributed by atoms with Crippen molar-refractivity contribution < 1.29 is 19.6 Å². The van der Waals surface area contributed by atoms with Crippen molar-refractivity contribution in [3.05, 3.63) is 95.6 Å². The van der Waals surface area contributed by atoms with Crippen molar-refractivity contribution >= 4 is 61.0 Å². The maximum absolute atomic E-state index is 8.81. The van der Waals surface area contributed by atoms with E-state index in [9.17, 15) is 0 Å². The predicted octanol–water partition coefficient (Wildman–Crippen LogP) is 7.82. The number of nitrogens with zero attached hydrogens (tertiary/aromatic N) is 8. The summed E-state index contributed by atoms with van der Waals surface area (Å²) in [7, 11) is 16.8. The minimum absolute atomic E-state index is 0.413. The Bertz CT molecular complexity index is 2160. The number of para-hydroxylation sites is 4. The summed E-state index contributed by atoms with van der Waals surface area (Å²) in [5.41, 5.74) is 4.67. The van der Waals surface area contributed by atoms with E-state index in [1.54, 1.807) is 0 Å². The number of fused-ring (bicyclic) bond motifs is 4. The zero-order chi connectivity index (χ0) is 36.6. The third-order valence-electron chi connectivity index (χ3n) is 7.24. The van der Waals surface area contributed by atoms with E-state index in [0.29, 0.717) is 63.4 Å². The van der Waals surface area contributed by atoms with Gasteiger partial charge < -0.3 is 8.83 Å². The van der Waals surface area contributed by atoms with Gasteiger partial charge in [-0.25, -0.2) is 19.1 Å². The molecule has 0 atom stereocenters.